The van der Waals surface area contributed by atoms with Crippen LogP contribution in [0.4, 0.5) is 0 Å². The zero-order valence-corrected chi connectivity index (χ0v) is 13.4. The largest absolute Gasteiger partial charge is 0.336 e. The second-order valence-electron chi connectivity index (χ2n) is 5.44. The summed E-state index contributed by atoms with van der Waals surface area (Å²) in [4.78, 5) is 14.8. The van der Waals surface area contributed by atoms with Gasteiger partial charge >= 0.3 is 0 Å². The molecule has 1 heterocycles. The second kappa shape index (κ2) is 6.56. The van der Waals surface area contributed by atoms with Crippen LogP contribution in [0.2, 0.25) is 0 Å². The molecule has 104 valence electrons. The first-order valence-corrected chi connectivity index (χ1v) is 8.20. The molecule has 0 spiro atoms. The Bertz CT molecular complexity index is 456. The molecule has 1 saturated heterocycles. The Morgan fingerprint density at radius 1 is 1.37 bits per heavy atom. The molecule has 3 heteroatoms. The second-order valence-corrected chi connectivity index (χ2v) is 6.24. The van der Waals surface area contributed by atoms with Crippen LogP contribution in [0.5, 0.6) is 0 Å². The van der Waals surface area contributed by atoms with Gasteiger partial charge in [-0.3, -0.25) is 4.79 Å². The fourth-order valence-corrected chi connectivity index (χ4v) is 3.43. The van der Waals surface area contributed by atoms with Crippen LogP contribution in [0.1, 0.15) is 47.2 Å². The lowest BCUT2D eigenvalue weighted by Gasteiger charge is -2.36. The summed E-state index contributed by atoms with van der Waals surface area (Å²) >= 11 is 3.50. The van der Waals surface area contributed by atoms with Gasteiger partial charge in [0, 0.05) is 23.5 Å². The van der Waals surface area contributed by atoms with Crippen molar-refractivity contribution in [2.75, 3.05) is 11.9 Å². The van der Waals surface area contributed by atoms with Crippen LogP contribution in [0.25, 0.3) is 0 Å². The normalized spacial score (nSPS) is 19.5. The maximum absolute atomic E-state index is 12.7. The lowest BCUT2D eigenvalue weighted by atomic mass is 9.97. The van der Waals surface area contributed by atoms with E-state index in [1.54, 1.807) is 0 Å². The van der Waals surface area contributed by atoms with Gasteiger partial charge in [0.2, 0.25) is 0 Å². The third kappa shape index (κ3) is 3.38. The lowest BCUT2D eigenvalue weighted by Crippen LogP contribution is -2.44. The van der Waals surface area contributed by atoms with E-state index in [1.165, 1.54) is 12.0 Å². The first-order valence-electron chi connectivity index (χ1n) is 7.07. The van der Waals surface area contributed by atoms with Gasteiger partial charge in [0.15, 0.2) is 0 Å². The van der Waals surface area contributed by atoms with Crippen molar-refractivity contribution in [3.8, 4) is 0 Å². The Balaban J connectivity index is 2.21. The molecule has 19 heavy (non-hydrogen) atoms. The van der Waals surface area contributed by atoms with Crippen LogP contribution in [-0.4, -0.2) is 28.7 Å². The molecule has 1 aliphatic heterocycles. The minimum Gasteiger partial charge on any atom is -0.336 e. The first kappa shape index (κ1) is 14.6. The number of benzene rings is 1. The Morgan fingerprint density at radius 2 is 2.16 bits per heavy atom. The quantitative estimate of drug-likeness (QED) is 0.767. The van der Waals surface area contributed by atoms with Crippen LogP contribution in [0.3, 0.4) is 0 Å². The van der Waals surface area contributed by atoms with Crippen molar-refractivity contribution in [1.29, 1.82) is 0 Å². The van der Waals surface area contributed by atoms with Gasteiger partial charge in [-0.15, -0.1) is 0 Å². The maximum atomic E-state index is 12.7. The first-order chi connectivity index (χ1) is 9.13. The van der Waals surface area contributed by atoms with Gasteiger partial charge in [0.05, 0.1) is 0 Å². The number of halogens is 1. The summed E-state index contributed by atoms with van der Waals surface area (Å²) in [7, 11) is 0. The van der Waals surface area contributed by atoms with Crippen LogP contribution in [0.15, 0.2) is 18.2 Å². The average molecular weight is 324 g/mol. The number of amides is 1. The number of carbonyl (C=O) groups is 1. The Labute approximate surface area is 124 Å². The molecule has 2 rings (SSSR count). The summed E-state index contributed by atoms with van der Waals surface area (Å²) in [6.07, 6.45) is 4.57. The summed E-state index contributed by atoms with van der Waals surface area (Å²) in [5, 5.41) is 0.967. The fourth-order valence-electron chi connectivity index (χ4n) is 2.90. The number of nitrogens with zero attached hydrogens (tertiary/aromatic N) is 1. The number of carbonyl (C=O) groups excluding carboxylic acids is 1. The number of piperidine rings is 1. The van der Waals surface area contributed by atoms with E-state index in [1.807, 2.05) is 19.1 Å². The highest BCUT2D eigenvalue weighted by Crippen LogP contribution is 2.24. The van der Waals surface area contributed by atoms with Crippen molar-refractivity contribution in [3.63, 3.8) is 0 Å². The average Bonchev–Trinajstić information content (AvgIpc) is 2.39. The topological polar surface area (TPSA) is 20.3 Å². The Morgan fingerprint density at radius 3 is 2.84 bits per heavy atom. The molecule has 1 atom stereocenters. The van der Waals surface area contributed by atoms with E-state index in [2.05, 4.69) is 33.8 Å². The molecular formula is C16H22BrNO. The molecular weight excluding hydrogens is 302 g/mol. The van der Waals surface area contributed by atoms with E-state index in [4.69, 9.17) is 0 Å². The molecule has 1 unspecified atom stereocenters. The van der Waals surface area contributed by atoms with Gasteiger partial charge in [-0.05, 0) is 51.2 Å². The van der Waals surface area contributed by atoms with E-state index >= 15 is 0 Å². The van der Waals surface area contributed by atoms with Crippen molar-refractivity contribution in [3.05, 3.63) is 34.9 Å². The summed E-state index contributed by atoms with van der Waals surface area (Å²) < 4.78 is 0. The van der Waals surface area contributed by atoms with E-state index in [-0.39, 0.29) is 5.91 Å². The maximum Gasteiger partial charge on any atom is 0.254 e. The van der Waals surface area contributed by atoms with Gasteiger partial charge in [0.25, 0.3) is 5.91 Å². The van der Waals surface area contributed by atoms with Crippen molar-refractivity contribution >= 4 is 21.8 Å². The monoisotopic (exact) mass is 323 g/mol. The molecule has 1 fully saturated rings. The third-order valence-electron chi connectivity index (χ3n) is 3.94. The van der Waals surface area contributed by atoms with Crippen LogP contribution < -0.4 is 0 Å². The Hall–Kier alpha value is -0.830. The van der Waals surface area contributed by atoms with E-state index < -0.39 is 0 Å². The number of rotatable bonds is 3. The predicted molar refractivity (Wildman–Crippen MR) is 83.0 cm³/mol. The molecule has 1 aliphatic rings. The number of hydrogen-bond acceptors (Lipinski definition) is 1. The van der Waals surface area contributed by atoms with Crippen molar-refractivity contribution in [2.24, 2.45) is 0 Å². The highest BCUT2D eigenvalue weighted by Gasteiger charge is 2.27. The highest BCUT2D eigenvalue weighted by atomic mass is 79.9. The molecule has 1 amide bonds. The smallest absolute Gasteiger partial charge is 0.254 e. The van der Waals surface area contributed by atoms with Gasteiger partial charge in [-0.25, -0.2) is 0 Å². The van der Waals surface area contributed by atoms with Gasteiger partial charge in [-0.2, -0.15) is 0 Å². The zero-order chi connectivity index (χ0) is 13.8. The molecule has 0 radical (unpaired) electrons. The fraction of sp³-hybridized carbons (Fsp3) is 0.562. The summed E-state index contributed by atoms with van der Waals surface area (Å²) in [5.41, 5.74) is 3.17. The number of likely N-dealkylation sites (tertiary alicyclic amines) is 1. The summed E-state index contributed by atoms with van der Waals surface area (Å²) in [6, 6.07) is 6.51. The Kier molecular flexibility index (Phi) is 5.03. The van der Waals surface area contributed by atoms with Gasteiger partial charge in [-0.1, -0.05) is 33.6 Å². The third-order valence-corrected chi connectivity index (χ3v) is 4.40. The summed E-state index contributed by atoms with van der Waals surface area (Å²) in [5.74, 6) is 0.211. The zero-order valence-electron chi connectivity index (χ0n) is 11.8. The summed E-state index contributed by atoms with van der Waals surface area (Å²) in [6.45, 7) is 5.00. The molecule has 0 aromatic heterocycles. The van der Waals surface area contributed by atoms with Crippen LogP contribution in [-0.2, 0) is 0 Å². The minimum absolute atomic E-state index is 0.211. The lowest BCUT2D eigenvalue weighted by molar-refractivity contribution is 0.0609. The number of alkyl halides is 1. The molecule has 1 aromatic rings. The van der Waals surface area contributed by atoms with Crippen LogP contribution >= 0.6 is 15.9 Å². The van der Waals surface area contributed by atoms with E-state index in [0.717, 1.165) is 42.3 Å². The molecule has 0 bridgehead atoms. The minimum atomic E-state index is 0.211. The molecule has 0 saturated carbocycles. The van der Waals surface area contributed by atoms with Crippen molar-refractivity contribution in [2.45, 2.75) is 45.6 Å². The van der Waals surface area contributed by atoms with E-state index in [0.29, 0.717) is 6.04 Å². The predicted octanol–water partition coefficient (Wildman–Crippen LogP) is 4.08. The standard InChI is InChI=1S/C16H22BrNO/c1-12-6-7-15(13(2)11-12)16(19)18-10-4-3-5-14(18)8-9-17/h6-7,11,14H,3-5,8-10H2,1-2H3. The molecule has 0 N–H and O–H groups in total. The number of hydrogen-bond donors (Lipinski definition) is 0. The van der Waals surface area contributed by atoms with Crippen molar-refractivity contribution < 1.29 is 4.79 Å². The molecule has 1 aromatic carbocycles. The van der Waals surface area contributed by atoms with E-state index in [9.17, 15) is 4.79 Å². The molecule has 2 nitrogen and oxygen atoms in total. The van der Waals surface area contributed by atoms with Gasteiger partial charge < -0.3 is 4.90 Å². The number of aryl methyl sites for hydroxylation is 2. The van der Waals surface area contributed by atoms with Gasteiger partial charge in [0.1, 0.15) is 0 Å². The molecule has 0 aliphatic carbocycles. The highest BCUT2D eigenvalue weighted by molar-refractivity contribution is 9.09. The van der Waals surface area contributed by atoms with Crippen molar-refractivity contribution in [1.82, 2.24) is 4.90 Å². The SMILES string of the molecule is Cc1ccc(C(=O)N2CCCCC2CCBr)c(C)c1. The van der Waals surface area contributed by atoms with Crippen LogP contribution in [0, 0.1) is 13.8 Å².